The van der Waals surface area contributed by atoms with Gasteiger partial charge < -0.3 is 95.7 Å². The van der Waals surface area contributed by atoms with E-state index in [1.165, 1.54) is 32.7 Å². The van der Waals surface area contributed by atoms with E-state index in [2.05, 4.69) is 118 Å². The summed E-state index contributed by atoms with van der Waals surface area (Å²) in [6, 6.07) is 0. The number of ether oxygens (including phenoxy) is 3. The number of thiol groups is 1. The van der Waals surface area contributed by atoms with Crippen molar-refractivity contribution in [2.24, 2.45) is 0 Å². The summed E-state index contributed by atoms with van der Waals surface area (Å²) in [5.74, 6) is -13.2. The Morgan fingerprint density at radius 2 is 0.659 bits per heavy atom. The normalized spacial score (nSPS) is 36.7. The molecule has 0 amide bonds. The third-order valence-corrected chi connectivity index (χ3v) is 35.4. The van der Waals surface area contributed by atoms with Crippen LogP contribution in [0, 0.1) is 0 Å². The summed E-state index contributed by atoms with van der Waals surface area (Å²) in [6.45, 7) is -31.9. The minimum atomic E-state index is -4.58. The zero-order chi connectivity index (χ0) is 98.3. The Hall–Kier alpha value is -7.26. The first kappa shape index (κ1) is 99.5. The number of nitrogens with one attached hydrogen (secondary N) is 3. The largest absolute Gasteiger partial charge is 0.386 e. The molecule has 6 bridgehead atoms. The van der Waals surface area contributed by atoms with Crippen LogP contribution in [0.15, 0.2) is 52.3 Å². The maximum Gasteiger partial charge on any atom is 0.386 e. The molecular formula is C57H60F9N33O24P6S9. The van der Waals surface area contributed by atoms with E-state index in [4.69, 9.17) is 162 Å². The highest BCUT2D eigenvalue weighted by atomic mass is 32.7. The van der Waals surface area contributed by atoms with Gasteiger partial charge in [0.2, 0.25) is 36.5 Å². The molecule has 9 aliphatic heterocycles. The van der Waals surface area contributed by atoms with E-state index < -0.39 is 238 Å². The minimum Gasteiger partial charge on any atom is -0.382 e. The fourth-order valence-corrected chi connectivity index (χ4v) is 28.9. The summed E-state index contributed by atoms with van der Waals surface area (Å²) >= 11 is 31.9. The molecule has 138 heavy (non-hydrogen) atoms. The number of halogens is 9. The molecule has 0 radical (unpaired) electrons. The number of hydrogen-bond donors (Lipinski definition) is 15. The number of nitrogens with two attached hydrogens (primary N) is 6. The van der Waals surface area contributed by atoms with Crippen LogP contribution in [0.3, 0.4) is 0 Å². The van der Waals surface area contributed by atoms with Crippen LogP contribution in [0.2, 0.25) is 0 Å². The number of nitrogen functional groups attached to an aromatic ring is 6. The van der Waals surface area contributed by atoms with E-state index in [9.17, 15) is 43.4 Å². The third-order valence-electron chi connectivity index (χ3n) is 21.5. The van der Waals surface area contributed by atoms with Gasteiger partial charge in [0.25, 0.3) is 16.7 Å². The lowest BCUT2D eigenvalue weighted by Gasteiger charge is -2.28. The Morgan fingerprint density at radius 1 is 0.391 bits per heavy atom. The van der Waals surface area contributed by atoms with Gasteiger partial charge >= 0.3 is 58.2 Å². The van der Waals surface area contributed by atoms with Crippen LogP contribution < -0.4 is 51.1 Å². The zero-order valence-corrected chi connectivity index (χ0v) is 80.1. The molecule has 0 spiro atoms. The molecule has 12 aromatic rings. The number of anilines is 6. The first-order valence-corrected chi connectivity index (χ1v) is 57.0. The molecule has 9 saturated heterocycles. The number of nitrogens with zero attached hydrogens (tertiary/aromatic N) is 24. The van der Waals surface area contributed by atoms with E-state index in [1.54, 1.807) is 0 Å². The molecule has 21 heterocycles. The summed E-state index contributed by atoms with van der Waals surface area (Å²) in [4.78, 5) is 146. The van der Waals surface area contributed by atoms with Gasteiger partial charge in [-0.3, -0.25) is 74.7 Å². The van der Waals surface area contributed by atoms with Crippen LogP contribution >= 0.6 is 87.9 Å². The molecule has 9 aliphatic rings. The predicted molar refractivity (Wildman–Crippen MR) is 477 cm³/mol. The number of aromatic nitrogens is 27. The standard InChI is InChI=1S/3C19H20F3N11O8P2S3/c3*20-7-6-2-38-43(36,45)41-11-5(39-17(19(11,21)22)33-13-8(30-31-33)12(23)25-3-26-13)1-37-42(35,44)40-10(7)16(46-6)32-4-27-9-14(32)28-18(24)29-15(9)34/h3*3-7,10-11,16-17H,1-2H2,(H,35,44)(H,36,45)(H2,23,25,26)(H3,24,28,29,34)/t3*5-,6-,7+,10-,11-,16-,17-,42?,43?/m111/s1. The van der Waals surface area contributed by atoms with Crippen LogP contribution in [0.5, 0.6) is 0 Å². The van der Waals surface area contributed by atoms with E-state index in [-0.39, 0.29) is 102 Å². The second-order valence-electron chi connectivity index (χ2n) is 30.2. The van der Waals surface area contributed by atoms with Gasteiger partial charge in [-0.25, -0.2) is 62.6 Å². The minimum absolute atomic E-state index is 0.0341. The Bertz CT molecular complexity index is 6680. The van der Waals surface area contributed by atoms with E-state index in [1.807, 2.05) is 0 Å². The van der Waals surface area contributed by atoms with E-state index in [0.717, 1.165) is 54.3 Å². The summed E-state index contributed by atoms with van der Waals surface area (Å²) in [7, 11) is 0. The summed E-state index contributed by atoms with van der Waals surface area (Å²) in [5, 5.41) is 15.3. The van der Waals surface area contributed by atoms with E-state index >= 15 is 39.5 Å². The quantitative estimate of drug-likeness (QED) is 0.0638. The van der Waals surface area contributed by atoms with Crippen molar-refractivity contribution in [3.63, 3.8) is 0 Å². The highest BCUT2D eigenvalue weighted by Crippen LogP contribution is 2.65. The summed E-state index contributed by atoms with van der Waals surface area (Å²) in [6.07, 6.45) is -23.4. The topological polar surface area (TPSA) is 773 Å². The maximum atomic E-state index is 16.0. The van der Waals surface area contributed by atoms with Crippen LogP contribution in [0.4, 0.5) is 74.8 Å². The van der Waals surface area contributed by atoms with Crippen LogP contribution in [0.1, 0.15) is 34.8 Å². The fraction of sp³-hybridized carbons (Fsp3) is 0.526. The number of alkyl halides is 9. The van der Waals surface area contributed by atoms with Crippen molar-refractivity contribution in [1.29, 1.82) is 0 Å². The van der Waals surface area contributed by atoms with Gasteiger partial charge in [-0.1, -0.05) is 27.9 Å². The van der Waals surface area contributed by atoms with Gasteiger partial charge in [-0.05, 0) is 59.0 Å². The predicted octanol–water partition coefficient (Wildman–Crippen LogP) is 1.58. The van der Waals surface area contributed by atoms with Gasteiger partial charge in [0.15, 0.2) is 103 Å². The molecule has 57 nitrogen and oxygen atoms in total. The molecule has 27 atom stereocenters. The lowest BCUT2D eigenvalue weighted by molar-refractivity contribution is -0.140. The molecule has 744 valence electrons. The van der Waals surface area contributed by atoms with Crippen molar-refractivity contribution in [1.82, 2.24) is 133 Å². The molecule has 12 aromatic heterocycles. The van der Waals surface area contributed by atoms with Crippen LogP contribution in [-0.2, 0) is 132 Å². The molecule has 9 fully saturated rings. The molecule has 81 heteroatoms. The number of aromatic amines is 3. The molecule has 0 saturated carbocycles. The average Bonchev–Trinajstić information content (AvgIpc) is 1.59. The number of fused-ring (bicyclic) bond motifs is 15. The summed E-state index contributed by atoms with van der Waals surface area (Å²) in [5.41, 5.74) is 30.9. The second kappa shape index (κ2) is 36.8. The highest BCUT2D eigenvalue weighted by molar-refractivity contribution is 8.44. The first-order chi connectivity index (χ1) is 64.9. The van der Waals surface area contributed by atoms with Gasteiger partial charge in [-0.2, -0.15) is 55.3 Å². The highest BCUT2D eigenvalue weighted by Gasteiger charge is 2.68. The number of thioether (sulfide) groups is 3. The fourth-order valence-electron chi connectivity index (χ4n) is 15.4. The monoisotopic (exact) mass is 2240 g/mol. The molecular weight excluding hydrogens is 2180 g/mol. The average molecular weight is 2240 g/mol. The van der Waals surface area contributed by atoms with Gasteiger partial charge in [0.1, 0.15) is 90.2 Å². The Labute approximate surface area is 799 Å². The van der Waals surface area contributed by atoms with Crippen molar-refractivity contribution in [2.75, 3.05) is 74.0 Å². The smallest absolute Gasteiger partial charge is 0.382 e. The SMILES string of the molecule is Nc1nc2c(ncn2[C@@H]2S[C@@H]3COP(O)(=S)O[C@@H]4[C@@H](COP(=O)(S)O[C@@H]2[C@H]3F)O[C@@H](n2nnc3c(N)ncnc32)C4(F)F)c(=O)[nH]1.Nc1nc2c(ncn2[C@@H]2S[C@@H]3COP(O)(=S)O[C@@H]4[C@@H](COP(O)(=S)O[C@@H]2[C@H]3F)O[C@@H](n2nnc3c(N)ncnc32)C4(F)F)c(=O)[nH]1.Nc1nc2c(ncn2[C@@H]2S[C@@H]3COP(O)(=S)O[C@@H]4[C@@H](COP(O)(=S)O[C@@H]2[C@H]3F)O[C@@H](n2nnc3c(N)ncnc32)C4(F)F)c(=O)[nH]1. The van der Waals surface area contributed by atoms with Crippen molar-refractivity contribution < 1.29 is 137 Å². The van der Waals surface area contributed by atoms with E-state index in [0.29, 0.717) is 14.0 Å². The summed E-state index contributed by atoms with van der Waals surface area (Å²) < 4.78 is 244. The molecule has 20 N–H and O–H groups in total. The Kier molecular flexibility index (Phi) is 26.5. The lowest BCUT2D eigenvalue weighted by atomic mass is 10.1. The van der Waals surface area contributed by atoms with Crippen molar-refractivity contribution in [3.8, 4) is 0 Å². The van der Waals surface area contributed by atoms with Crippen molar-refractivity contribution >= 4 is 249 Å². The second-order valence-corrected chi connectivity index (χ2v) is 51.1. The van der Waals surface area contributed by atoms with Gasteiger partial charge in [0.05, 0.1) is 74.4 Å². The third kappa shape index (κ3) is 18.7. The first-order valence-electron chi connectivity index (χ1n) is 38.5. The van der Waals surface area contributed by atoms with Crippen molar-refractivity contribution in [2.45, 2.75) is 142 Å². The molecule has 0 aliphatic carbocycles. The zero-order valence-electron chi connectivity index (χ0n) is 67.3. The Balaban J connectivity index is 0.000000132. The van der Waals surface area contributed by atoms with Gasteiger partial charge in [0, 0.05) is 0 Å². The van der Waals surface area contributed by atoms with Gasteiger partial charge in [-0.15, -0.1) is 50.6 Å². The number of hydrogen-bond acceptors (Lipinski definition) is 51. The Morgan fingerprint density at radius 3 is 0.957 bits per heavy atom. The molecule has 21 rings (SSSR count). The molecule has 0 aromatic carbocycles. The number of H-pyrrole nitrogens is 3. The van der Waals surface area contributed by atoms with Crippen LogP contribution in [-0.4, -0.2) is 305 Å². The lowest BCUT2D eigenvalue weighted by Crippen LogP contribution is -2.41. The maximum absolute atomic E-state index is 16.0. The molecule has 6 unspecified atom stereocenters. The van der Waals surface area contributed by atoms with Crippen LogP contribution in [0.25, 0.3) is 67.0 Å². The van der Waals surface area contributed by atoms with Crippen molar-refractivity contribution in [3.05, 3.63) is 69.0 Å². The number of rotatable bonds is 6. The number of imidazole rings is 3.